The SMILES string of the molecule is COc1ccc(C)c(NC(=O)C2CC(=O)NC3NC(Nc4cccc(C(F)(F)F)c4)NC(=O)C32)c1. The Bertz CT molecular complexity index is 1160. The first-order valence-electron chi connectivity index (χ1n) is 10.8. The van der Waals surface area contributed by atoms with Crippen LogP contribution in [0.5, 0.6) is 5.75 Å². The third-order valence-corrected chi connectivity index (χ3v) is 5.99. The van der Waals surface area contributed by atoms with Crippen molar-refractivity contribution in [3.63, 3.8) is 0 Å². The van der Waals surface area contributed by atoms with Crippen molar-refractivity contribution in [2.45, 2.75) is 32.0 Å². The zero-order valence-electron chi connectivity index (χ0n) is 18.8. The van der Waals surface area contributed by atoms with Crippen LogP contribution in [0.1, 0.15) is 17.5 Å². The smallest absolute Gasteiger partial charge is 0.416 e. The quantitative estimate of drug-likeness (QED) is 0.437. The molecule has 0 saturated carbocycles. The van der Waals surface area contributed by atoms with Crippen LogP contribution in [0, 0.1) is 18.8 Å². The minimum absolute atomic E-state index is 0.112. The maximum absolute atomic E-state index is 13.1. The fourth-order valence-electron chi connectivity index (χ4n) is 4.19. The number of hydrogen-bond donors (Lipinski definition) is 5. The lowest BCUT2D eigenvalue weighted by Gasteiger charge is -2.43. The Balaban J connectivity index is 1.49. The van der Waals surface area contributed by atoms with E-state index in [0.717, 1.165) is 17.7 Å². The number of carbonyl (C=O) groups excluding carboxylic acids is 3. The molecule has 4 atom stereocenters. The molecule has 2 aromatic rings. The molecule has 0 radical (unpaired) electrons. The largest absolute Gasteiger partial charge is 0.497 e. The van der Waals surface area contributed by atoms with Crippen LogP contribution in [-0.2, 0) is 20.6 Å². The van der Waals surface area contributed by atoms with Gasteiger partial charge < -0.3 is 26.0 Å². The van der Waals surface area contributed by atoms with E-state index in [-0.39, 0.29) is 12.1 Å². The van der Waals surface area contributed by atoms with Crippen molar-refractivity contribution in [1.82, 2.24) is 16.0 Å². The molecule has 35 heavy (non-hydrogen) atoms. The highest BCUT2D eigenvalue weighted by molar-refractivity contribution is 6.00. The van der Waals surface area contributed by atoms with Gasteiger partial charge in [0, 0.05) is 23.9 Å². The standard InChI is InChI=1S/C23H24F3N5O4/c1-11-6-7-14(35-2)9-16(11)28-20(33)15-10-17(32)29-19-18(15)21(34)31-22(30-19)27-13-5-3-4-12(8-13)23(24,25)26/h3-9,15,18-19,22,27,30H,10H2,1-2H3,(H,28,33)(H,29,32)(H,31,34). The lowest BCUT2D eigenvalue weighted by atomic mass is 9.81. The van der Waals surface area contributed by atoms with Gasteiger partial charge in [-0.15, -0.1) is 0 Å². The molecule has 5 N–H and O–H groups in total. The van der Waals surface area contributed by atoms with E-state index in [1.165, 1.54) is 19.2 Å². The number of halogens is 3. The lowest BCUT2D eigenvalue weighted by Crippen LogP contribution is -2.72. The topological polar surface area (TPSA) is 121 Å². The van der Waals surface area contributed by atoms with E-state index in [9.17, 15) is 27.6 Å². The van der Waals surface area contributed by atoms with E-state index in [2.05, 4.69) is 26.6 Å². The van der Waals surface area contributed by atoms with E-state index in [0.29, 0.717) is 11.4 Å². The van der Waals surface area contributed by atoms with Gasteiger partial charge in [0.1, 0.15) is 5.75 Å². The first kappa shape index (κ1) is 24.3. The molecule has 0 aromatic heterocycles. The van der Waals surface area contributed by atoms with Crippen LogP contribution < -0.4 is 31.3 Å². The second-order valence-corrected chi connectivity index (χ2v) is 8.38. The van der Waals surface area contributed by atoms with Gasteiger partial charge in [0.25, 0.3) is 0 Å². The molecular formula is C23H24F3N5O4. The molecule has 12 heteroatoms. The summed E-state index contributed by atoms with van der Waals surface area (Å²) < 4.78 is 44.2. The molecule has 0 bridgehead atoms. The summed E-state index contributed by atoms with van der Waals surface area (Å²) in [6.07, 6.45) is -6.60. The Labute approximate surface area is 198 Å². The minimum atomic E-state index is -4.52. The van der Waals surface area contributed by atoms with Gasteiger partial charge in [-0.05, 0) is 36.8 Å². The fraction of sp³-hybridized carbons (Fsp3) is 0.348. The Morgan fingerprint density at radius 2 is 1.89 bits per heavy atom. The number of ether oxygens (including phenoxy) is 1. The Morgan fingerprint density at radius 3 is 2.60 bits per heavy atom. The first-order chi connectivity index (χ1) is 16.5. The van der Waals surface area contributed by atoms with Gasteiger partial charge in [-0.1, -0.05) is 12.1 Å². The Hall–Kier alpha value is -3.80. The van der Waals surface area contributed by atoms with Crippen molar-refractivity contribution in [2.75, 3.05) is 17.7 Å². The summed E-state index contributed by atoms with van der Waals surface area (Å²) in [4.78, 5) is 38.4. The number of rotatable bonds is 5. The molecular weight excluding hydrogens is 467 g/mol. The lowest BCUT2D eigenvalue weighted by molar-refractivity contribution is -0.144. The molecule has 2 aromatic carbocycles. The van der Waals surface area contributed by atoms with Crippen molar-refractivity contribution in [2.24, 2.45) is 11.8 Å². The summed E-state index contributed by atoms with van der Waals surface area (Å²) >= 11 is 0. The fourth-order valence-corrected chi connectivity index (χ4v) is 4.19. The highest BCUT2D eigenvalue weighted by Crippen LogP contribution is 2.32. The number of aryl methyl sites for hydroxylation is 1. The van der Waals surface area contributed by atoms with E-state index < -0.39 is 53.8 Å². The number of carbonyl (C=O) groups is 3. The van der Waals surface area contributed by atoms with Crippen LogP contribution >= 0.6 is 0 Å². The molecule has 4 rings (SSSR count). The zero-order valence-corrected chi connectivity index (χ0v) is 18.8. The minimum Gasteiger partial charge on any atom is -0.497 e. The first-order valence-corrected chi connectivity index (χ1v) is 10.8. The third kappa shape index (κ3) is 5.32. The number of benzene rings is 2. The average Bonchev–Trinajstić information content (AvgIpc) is 2.79. The number of nitrogens with one attached hydrogen (secondary N) is 5. The molecule has 0 aliphatic carbocycles. The zero-order chi connectivity index (χ0) is 25.3. The molecule has 186 valence electrons. The van der Waals surface area contributed by atoms with Crippen molar-refractivity contribution < 1.29 is 32.3 Å². The van der Waals surface area contributed by atoms with E-state index in [1.807, 2.05) is 0 Å². The van der Waals surface area contributed by atoms with Crippen LogP contribution in [0.3, 0.4) is 0 Å². The van der Waals surface area contributed by atoms with Crippen LogP contribution in [0.4, 0.5) is 24.5 Å². The molecule has 3 amide bonds. The van der Waals surface area contributed by atoms with Crippen molar-refractivity contribution >= 4 is 29.1 Å². The van der Waals surface area contributed by atoms with Gasteiger partial charge in [0.2, 0.25) is 17.7 Å². The van der Waals surface area contributed by atoms with E-state index in [1.54, 1.807) is 25.1 Å². The number of alkyl halides is 3. The second kappa shape index (κ2) is 9.45. The second-order valence-electron chi connectivity index (χ2n) is 8.38. The number of amides is 3. The summed E-state index contributed by atoms with van der Waals surface area (Å²) in [7, 11) is 1.49. The van der Waals surface area contributed by atoms with Crippen LogP contribution in [0.2, 0.25) is 0 Å². The van der Waals surface area contributed by atoms with Gasteiger partial charge in [0.15, 0.2) is 6.29 Å². The maximum atomic E-state index is 13.1. The molecule has 2 fully saturated rings. The number of piperidine rings is 1. The van der Waals surface area contributed by atoms with Crippen molar-refractivity contribution in [1.29, 1.82) is 0 Å². The van der Waals surface area contributed by atoms with Gasteiger partial charge in [-0.3, -0.25) is 19.7 Å². The number of anilines is 2. The molecule has 4 unspecified atom stereocenters. The van der Waals surface area contributed by atoms with Gasteiger partial charge in [-0.2, -0.15) is 13.2 Å². The van der Waals surface area contributed by atoms with Gasteiger partial charge in [-0.25, -0.2) is 0 Å². The predicted octanol–water partition coefficient (Wildman–Crippen LogP) is 2.15. The monoisotopic (exact) mass is 491 g/mol. The molecule has 2 saturated heterocycles. The third-order valence-electron chi connectivity index (χ3n) is 5.99. The Kier molecular flexibility index (Phi) is 6.57. The van der Waals surface area contributed by atoms with Crippen LogP contribution in [0.25, 0.3) is 0 Å². The summed E-state index contributed by atoms with van der Waals surface area (Å²) in [5, 5.41) is 13.8. The van der Waals surface area contributed by atoms with E-state index in [4.69, 9.17) is 4.74 Å². The van der Waals surface area contributed by atoms with Crippen molar-refractivity contribution in [3.8, 4) is 5.75 Å². The molecule has 2 aliphatic heterocycles. The maximum Gasteiger partial charge on any atom is 0.416 e. The van der Waals surface area contributed by atoms with Crippen molar-refractivity contribution in [3.05, 3.63) is 53.6 Å². The summed E-state index contributed by atoms with van der Waals surface area (Å²) in [5.74, 6) is -2.84. The average molecular weight is 491 g/mol. The number of fused-ring (bicyclic) bond motifs is 1. The highest BCUT2D eigenvalue weighted by Gasteiger charge is 2.48. The summed E-state index contributed by atoms with van der Waals surface area (Å²) in [6.45, 7) is 1.80. The van der Waals surface area contributed by atoms with Crippen LogP contribution in [-0.4, -0.2) is 37.3 Å². The molecule has 2 aliphatic rings. The summed E-state index contributed by atoms with van der Waals surface area (Å²) in [5.41, 5.74) is 0.525. The normalized spacial score (nSPS) is 24.0. The molecule has 9 nitrogen and oxygen atoms in total. The number of methoxy groups -OCH3 is 1. The van der Waals surface area contributed by atoms with E-state index >= 15 is 0 Å². The van der Waals surface area contributed by atoms with Crippen LogP contribution in [0.15, 0.2) is 42.5 Å². The Morgan fingerprint density at radius 1 is 1.11 bits per heavy atom. The predicted molar refractivity (Wildman–Crippen MR) is 120 cm³/mol. The number of hydrogen-bond acceptors (Lipinski definition) is 6. The molecule has 0 spiro atoms. The molecule has 2 heterocycles. The van der Waals surface area contributed by atoms with Gasteiger partial charge in [0.05, 0.1) is 30.7 Å². The summed E-state index contributed by atoms with van der Waals surface area (Å²) in [6, 6.07) is 9.65. The van der Waals surface area contributed by atoms with Gasteiger partial charge >= 0.3 is 6.18 Å². The highest BCUT2D eigenvalue weighted by atomic mass is 19.4.